The van der Waals surface area contributed by atoms with Crippen molar-refractivity contribution in [3.8, 4) is 11.3 Å². The van der Waals surface area contributed by atoms with Gasteiger partial charge in [-0.1, -0.05) is 41.9 Å². The minimum Gasteiger partial charge on any atom is -0.361 e. The molecule has 4 aromatic rings. The Morgan fingerprint density at radius 3 is 2.81 bits per heavy atom. The molecule has 4 rings (SSSR count). The third-order valence-electron chi connectivity index (χ3n) is 3.95. The molecule has 7 heteroatoms. The monoisotopic (exact) mass is 363 g/mol. The van der Waals surface area contributed by atoms with E-state index in [0.717, 1.165) is 22.0 Å². The van der Waals surface area contributed by atoms with Crippen LogP contribution in [0.5, 0.6) is 0 Å². The normalized spacial score (nSPS) is 11.3. The SMILES string of the molecule is O=C(N/N=C\c1c[nH]c2ccccc12)c1cc(-c2ccc(Cl)cc2)n[nH]1. The third kappa shape index (κ3) is 3.22. The standard InChI is InChI=1S/C19H14ClN5O/c20-14-7-5-12(6-8-14)17-9-18(24-23-17)19(26)25-22-11-13-10-21-16-4-2-1-3-15(13)16/h1-11,21H,(H,23,24)(H,25,26)/b22-11-. The molecule has 0 spiro atoms. The Morgan fingerprint density at radius 2 is 1.96 bits per heavy atom. The van der Waals surface area contributed by atoms with E-state index in [2.05, 4.69) is 25.7 Å². The van der Waals surface area contributed by atoms with Crippen LogP contribution in [0.15, 0.2) is 65.9 Å². The fraction of sp³-hybridized carbons (Fsp3) is 0. The van der Waals surface area contributed by atoms with Crippen LogP contribution in [0, 0.1) is 0 Å². The second-order valence-electron chi connectivity index (χ2n) is 5.66. The number of aromatic nitrogens is 3. The van der Waals surface area contributed by atoms with E-state index >= 15 is 0 Å². The van der Waals surface area contributed by atoms with Gasteiger partial charge in [0.25, 0.3) is 5.91 Å². The van der Waals surface area contributed by atoms with Crippen LogP contribution in [0.3, 0.4) is 0 Å². The minimum atomic E-state index is -0.367. The van der Waals surface area contributed by atoms with E-state index in [-0.39, 0.29) is 5.91 Å². The van der Waals surface area contributed by atoms with Crippen LogP contribution in [-0.2, 0) is 0 Å². The van der Waals surface area contributed by atoms with Crippen molar-refractivity contribution in [2.75, 3.05) is 0 Å². The summed E-state index contributed by atoms with van der Waals surface area (Å²) in [5.74, 6) is -0.367. The zero-order valence-corrected chi connectivity index (χ0v) is 14.3. The summed E-state index contributed by atoms with van der Waals surface area (Å²) in [4.78, 5) is 15.4. The molecule has 0 bridgehead atoms. The van der Waals surface area contributed by atoms with Gasteiger partial charge in [0.15, 0.2) is 0 Å². The zero-order chi connectivity index (χ0) is 17.9. The van der Waals surface area contributed by atoms with E-state index < -0.39 is 0 Å². The van der Waals surface area contributed by atoms with Crippen LogP contribution < -0.4 is 5.43 Å². The number of aromatic amines is 2. The number of carbonyl (C=O) groups excluding carboxylic acids is 1. The number of hydrogen-bond acceptors (Lipinski definition) is 3. The number of fused-ring (bicyclic) bond motifs is 1. The van der Waals surface area contributed by atoms with Crippen molar-refractivity contribution < 1.29 is 4.79 Å². The summed E-state index contributed by atoms with van der Waals surface area (Å²) in [6.07, 6.45) is 3.45. The maximum atomic E-state index is 12.2. The summed E-state index contributed by atoms with van der Waals surface area (Å²) in [6, 6.07) is 16.8. The van der Waals surface area contributed by atoms with Crippen molar-refractivity contribution in [2.24, 2.45) is 5.10 Å². The van der Waals surface area contributed by atoms with Crippen LogP contribution in [0.2, 0.25) is 5.02 Å². The lowest BCUT2D eigenvalue weighted by atomic mass is 10.1. The summed E-state index contributed by atoms with van der Waals surface area (Å²) in [7, 11) is 0. The van der Waals surface area contributed by atoms with E-state index in [1.54, 1.807) is 24.4 Å². The Bertz CT molecular complexity index is 1090. The van der Waals surface area contributed by atoms with Crippen LogP contribution >= 0.6 is 11.6 Å². The topological polar surface area (TPSA) is 85.9 Å². The molecule has 0 fully saturated rings. The van der Waals surface area contributed by atoms with Gasteiger partial charge >= 0.3 is 0 Å². The van der Waals surface area contributed by atoms with Gasteiger partial charge in [-0.2, -0.15) is 10.2 Å². The molecule has 0 unspecified atom stereocenters. The number of halogens is 1. The van der Waals surface area contributed by atoms with Gasteiger partial charge in [0, 0.05) is 33.2 Å². The number of hydrazone groups is 1. The molecule has 1 amide bonds. The predicted octanol–water partition coefficient (Wildman–Crippen LogP) is 3.98. The van der Waals surface area contributed by atoms with Gasteiger partial charge < -0.3 is 4.98 Å². The largest absolute Gasteiger partial charge is 0.361 e. The molecule has 3 N–H and O–H groups in total. The molecular formula is C19H14ClN5O. The molecule has 0 radical (unpaired) electrons. The van der Waals surface area contributed by atoms with E-state index in [1.807, 2.05) is 42.6 Å². The summed E-state index contributed by atoms with van der Waals surface area (Å²) in [5.41, 5.74) is 6.26. The van der Waals surface area contributed by atoms with Crippen LogP contribution in [0.25, 0.3) is 22.2 Å². The zero-order valence-electron chi connectivity index (χ0n) is 13.5. The predicted molar refractivity (Wildman–Crippen MR) is 102 cm³/mol. The van der Waals surface area contributed by atoms with Gasteiger partial charge in [-0.3, -0.25) is 9.89 Å². The first-order chi connectivity index (χ1) is 12.7. The molecule has 0 aliphatic carbocycles. The molecule has 0 aliphatic heterocycles. The Hall–Kier alpha value is -3.38. The highest BCUT2D eigenvalue weighted by Gasteiger charge is 2.10. The minimum absolute atomic E-state index is 0.325. The molecular weight excluding hydrogens is 350 g/mol. The van der Waals surface area contributed by atoms with Gasteiger partial charge in [-0.15, -0.1) is 0 Å². The average Bonchev–Trinajstić information content (AvgIpc) is 3.30. The number of nitrogens with one attached hydrogen (secondary N) is 3. The van der Waals surface area contributed by atoms with E-state index in [1.165, 1.54) is 0 Å². The molecule has 6 nitrogen and oxygen atoms in total. The highest BCUT2D eigenvalue weighted by Crippen LogP contribution is 2.20. The van der Waals surface area contributed by atoms with Crippen molar-refractivity contribution in [1.29, 1.82) is 0 Å². The second kappa shape index (κ2) is 6.85. The van der Waals surface area contributed by atoms with E-state index in [0.29, 0.717) is 16.4 Å². The van der Waals surface area contributed by atoms with Gasteiger partial charge in [0.1, 0.15) is 5.69 Å². The Kier molecular flexibility index (Phi) is 4.25. The Balaban J connectivity index is 1.46. The van der Waals surface area contributed by atoms with E-state index in [4.69, 9.17) is 11.6 Å². The molecule has 0 aliphatic rings. The van der Waals surface area contributed by atoms with E-state index in [9.17, 15) is 4.79 Å². The van der Waals surface area contributed by atoms with Crippen molar-refractivity contribution in [3.05, 3.63) is 77.1 Å². The molecule has 26 heavy (non-hydrogen) atoms. The fourth-order valence-corrected chi connectivity index (χ4v) is 2.75. The first-order valence-corrected chi connectivity index (χ1v) is 8.29. The fourth-order valence-electron chi connectivity index (χ4n) is 2.63. The van der Waals surface area contributed by atoms with Gasteiger partial charge in [0.2, 0.25) is 0 Å². The smallest absolute Gasteiger partial charge is 0.289 e. The van der Waals surface area contributed by atoms with Gasteiger partial charge in [-0.25, -0.2) is 5.43 Å². The third-order valence-corrected chi connectivity index (χ3v) is 4.21. The molecule has 2 heterocycles. The number of hydrogen-bond donors (Lipinski definition) is 3. The Labute approximate surface area is 153 Å². The molecule has 0 saturated carbocycles. The lowest BCUT2D eigenvalue weighted by molar-refractivity contribution is 0.0950. The van der Waals surface area contributed by atoms with Crippen LogP contribution in [-0.4, -0.2) is 27.3 Å². The van der Waals surface area contributed by atoms with Crippen LogP contribution in [0.4, 0.5) is 0 Å². The highest BCUT2D eigenvalue weighted by molar-refractivity contribution is 6.30. The van der Waals surface area contributed by atoms with Crippen molar-refractivity contribution >= 4 is 34.6 Å². The maximum Gasteiger partial charge on any atom is 0.289 e. The molecule has 0 atom stereocenters. The lowest BCUT2D eigenvalue weighted by Crippen LogP contribution is -2.17. The first kappa shape index (κ1) is 16.1. The molecule has 0 saturated heterocycles. The van der Waals surface area contributed by atoms with Crippen LogP contribution in [0.1, 0.15) is 16.1 Å². The van der Waals surface area contributed by atoms with Gasteiger partial charge in [-0.05, 0) is 24.3 Å². The summed E-state index contributed by atoms with van der Waals surface area (Å²) in [6.45, 7) is 0. The Morgan fingerprint density at radius 1 is 1.15 bits per heavy atom. The number of benzene rings is 2. The van der Waals surface area contributed by atoms with Gasteiger partial charge in [0.05, 0.1) is 11.9 Å². The lowest BCUT2D eigenvalue weighted by Gasteiger charge is -1.96. The maximum absolute atomic E-state index is 12.2. The summed E-state index contributed by atoms with van der Waals surface area (Å²) >= 11 is 5.88. The van der Waals surface area contributed by atoms with Crippen molar-refractivity contribution in [1.82, 2.24) is 20.6 Å². The summed E-state index contributed by atoms with van der Waals surface area (Å²) < 4.78 is 0. The highest BCUT2D eigenvalue weighted by atomic mass is 35.5. The number of nitrogens with zero attached hydrogens (tertiary/aromatic N) is 2. The number of carbonyl (C=O) groups is 1. The molecule has 128 valence electrons. The van der Waals surface area contributed by atoms with Crippen molar-refractivity contribution in [3.63, 3.8) is 0 Å². The number of rotatable bonds is 4. The number of H-pyrrole nitrogens is 2. The number of para-hydroxylation sites is 1. The summed E-state index contributed by atoms with van der Waals surface area (Å²) in [5, 5.41) is 12.6. The first-order valence-electron chi connectivity index (χ1n) is 7.91. The second-order valence-corrected chi connectivity index (χ2v) is 6.10. The molecule has 2 aromatic heterocycles. The van der Waals surface area contributed by atoms with Crippen molar-refractivity contribution in [2.45, 2.75) is 0 Å². The molecule has 2 aromatic carbocycles. The quantitative estimate of drug-likeness (QED) is 0.378. The average molecular weight is 364 g/mol. The number of amides is 1.